The van der Waals surface area contributed by atoms with Crippen LogP contribution in [0.25, 0.3) is 10.8 Å². The van der Waals surface area contributed by atoms with E-state index in [1.807, 2.05) is 36.4 Å². The summed E-state index contributed by atoms with van der Waals surface area (Å²) in [6, 6.07) is 14.2. The van der Waals surface area contributed by atoms with Crippen LogP contribution in [0.3, 0.4) is 0 Å². The molecule has 3 aromatic carbocycles. The Balaban J connectivity index is 1.60. The highest BCUT2D eigenvalue weighted by molar-refractivity contribution is 5.93. The lowest BCUT2D eigenvalue weighted by molar-refractivity contribution is -0.148. The molecule has 150 valence electrons. The van der Waals surface area contributed by atoms with Crippen LogP contribution < -0.4 is 10.1 Å². The average molecular weight is 399 g/mol. The molecule has 1 amide bonds. The molecular formula is C22H19F2NO4. The molecule has 0 aliphatic rings. The van der Waals surface area contributed by atoms with E-state index in [9.17, 15) is 18.4 Å². The van der Waals surface area contributed by atoms with Crippen LogP contribution in [-0.4, -0.2) is 25.6 Å². The molecule has 0 heterocycles. The van der Waals surface area contributed by atoms with E-state index >= 15 is 0 Å². The van der Waals surface area contributed by atoms with Crippen molar-refractivity contribution in [2.24, 2.45) is 0 Å². The summed E-state index contributed by atoms with van der Waals surface area (Å²) in [6.07, 6.45) is 0. The molecule has 0 bridgehead atoms. The Morgan fingerprint density at radius 2 is 1.69 bits per heavy atom. The fourth-order valence-electron chi connectivity index (χ4n) is 2.81. The molecule has 5 nitrogen and oxygen atoms in total. The number of nitrogens with one attached hydrogen (secondary N) is 1. The standard InChI is InChI=1S/C22H19F2NO4/c1-13(14-3-4-16-10-18(28-2)7-5-15(16)9-14)22(27)29-12-21(26)25-17-6-8-19(23)20(24)11-17/h3-11,13H,12H2,1-2H3,(H,25,26)/t13-/m0/s1. The second kappa shape index (κ2) is 8.68. The lowest BCUT2D eigenvalue weighted by Gasteiger charge is -2.13. The number of anilines is 1. The molecule has 0 fully saturated rings. The maximum absolute atomic E-state index is 13.2. The molecule has 0 aliphatic carbocycles. The Bertz CT molecular complexity index is 1070. The van der Waals surface area contributed by atoms with Gasteiger partial charge in [-0.1, -0.05) is 24.3 Å². The minimum atomic E-state index is -1.08. The predicted octanol–water partition coefficient (Wildman–Crippen LogP) is 4.41. The number of hydrogen-bond donors (Lipinski definition) is 1. The van der Waals surface area contributed by atoms with Gasteiger partial charge in [-0.25, -0.2) is 8.78 Å². The third kappa shape index (κ3) is 4.87. The smallest absolute Gasteiger partial charge is 0.313 e. The number of esters is 1. The van der Waals surface area contributed by atoms with Gasteiger partial charge >= 0.3 is 5.97 Å². The van der Waals surface area contributed by atoms with Crippen molar-refractivity contribution in [2.45, 2.75) is 12.8 Å². The van der Waals surface area contributed by atoms with E-state index in [1.54, 1.807) is 14.0 Å². The molecular weight excluding hydrogens is 380 g/mol. The first-order valence-corrected chi connectivity index (χ1v) is 8.86. The molecule has 0 aromatic heterocycles. The predicted molar refractivity (Wildman–Crippen MR) is 105 cm³/mol. The minimum absolute atomic E-state index is 0.0722. The van der Waals surface area contributed by atoms with E-state index in [4.69, 9.17) is 9.47 Å². The van der Waals surface area contributed by atoms with Crippen LogP contribution in [0.2, 0.25) is 0 Å². The molecule has 0 saturated heterocycles. The Kier molecular flexibility index (Phi) is 6.07. The number of carbonyl (C=O) groups is 2. The van der Waals surface area contributed by atoms with Gasteiger partial charge in [-0.2, -0.15) is 0 Å². The van der Waals surface area contributed by atoms with Gasteiger partial charge in [-0.05, 0) is 47.5 Å². The van der Waals surface area contributed by atoms with Gasteiger partial charge in [0, 0.05) is 11.8 Å². The van der Waals surface area contributed by atoms with Gasteiger partial charge in [0.05, 0.1) is 13.0 Å². The summed E-state index contributed by atoms with van der Waals surface area (Å²) in [7, 11) is 1.59. The van der Waals surface area contributed by atoms with E-state index in [-0.39, 0.29) is 5.69 Å². The van der Waals surface area contributed by atoms with Crippen molar-refractivity contribution in [1.29, 1.82) is 0 Å². The first kappa shape index (κ1) is 20.3. The number of methoxy groups -OCH3 is 1. The Hall–Kier alpha value is -3.48. The van der Waals surface area contributed by atoms with Gasteiger partial charge in [-0.15, -0.1) is 0 Å². The van der Waals surface area contributed by atoms with E-state index in [0.29, 0.717) is 0 Å². The summed E-state index contributed by atoms with van der Waals surface area (Å²) in [5.74, 6) is -3.16. The van der Waals surface area contributed by atoms with Gasteiger partial charge in [-0.3, -0.25) is 9.59 Å². The van der Waals surface area contributed by atoms with Gasteiger partial charge in [0.1, 0.15) is 5.75 Å². The largest absolute Gasteiger partial charge is 0.497 e. The molecule has 1 atom stereocenters. The molecule has 0 unspecified atom stereocenters. The van der Waals surface area contributed by atoms with Crippen LogP contribution in [0.1, 0.15) is 18.4 Å². The SMILES string of the molecule is COc1ccc2cc([C@H](C)C(=O)OCC(=O)Nc3ccc(F)c(F)c3)ccc2c1. The molecule has 0 saturated carbocycles. The Morgan fingerprint density at radius 3 is 2.41 bits per heavy atom. The number of carbonyl (C=O) groups excluding carboxylic acids is 2. The van der Waals surface area contributed by atoms with Crippen molar-refractivity contribution < 1.29 is 27.8 Å². The number of halogens is 2. The van der Waals surface area contributed by atoms with Crippen LogP contribution in [0.5, 0.6) is 5.75 Å². The number of rotatable bonds is 6. The van der Waals surface area contributed by atoms with Crippen molar-refractivity contribution in [3.63, 3.8) is 0 Å². The minimum Gasteiger partial charge on any atom is -0.497 e. The van der Waals surface area contributed by atoms with Gasteiger partial charge in [0.2, 0.25) is 0 Å². The molecule has 0 radical (unpaired) electrons. The zero-order chi connectivity index (χ0) is 21.0. The van der Waals surface area contributed by atoms with E-state index in [2.05, 4.69) is 5.32 Å². The second-order valence-corrected chi connectivity index (χ2v) is 6.48. The van der Waals surface area contributed by atoms with Crippen molar-refractivity contribution in [1.82, 2.24) is 0 Å². The zero-order valence-corrected chi connectivity index (χ0v) is 15.9. The number of amides is 1. The first-order chi connectivity index (χ1) is 13.9. The van der Waals surface area contributed by atoms with Gasteiger partial charge in [0.15, 0.2) is 18.2 Å². The van der Waals surface area contributed by atoms with Crippen LogP contribution in [-0.2, 0) is 14.3 Å². The van der Waals surface area contributed by atoms with E-state index < -0.39 is 36.0 Å². The number of benzene rings is 3. The Labute approximate surface area is 166 Å². The second-order valence-electron chi connectivity index (χ2n) is 6.48. The fraction of sp³-hybridized carbons (Fsp3) is 0.182. The maximum atomic E-state index is 13.2. The van der Waals surface area contributed by atoms with Crippen LogP contribution in [0.15, 0.2) is 54.6 Å². The highest BCUT2D eigenvalue weighted by Gasteiger charge is 2.19. The highest BCUT2D eigenvalue weighted by atomic mass is 19.2. The van der Waals surface area contributed by atoms with Crippen molar-refractivity contribution in [3.8, 4) is 5.75 Å². The number of ether oxygens (including phenoxy) is 2. The first-order valence-electron chi connectivity index (χ1n) is 8.86. The van der Waals surface area contributed by atoms with Crippen molar-refractivity contribution in [2.75, 3.05) is 19.0 Å². The maximum Gasteiger partial charge on any atom is 0.313 e. The lowest BCUT2D eigenvalue weighted by atomic mass is 9.98. The number of hydrogen-bond acceptors (Lipinski definition) is 4. The summed E-state index contributed by atoms with van der Waals surface area (Å²) in [5.41, 5.74) is 0.816. The van der Waals surface area contributed by atoms with Gasteiger partial charge in [0.25, 0.3) is 5.91 Å². The molecule has 3 aromatic rings. The summed E-state index contributed by atoms with van der Waals surface area (Å²) in [6.45, 7) is 1.15. The molecule has 29 heavy (non-hydrogen) atoms. The molecule has 3 rings (SSSR count). The third-order valence-electron chi connectivity index (χ3n) is 4.47. The van der Waals surface area contributed by atoms with Crippen LogP contribution >= 0.6 is 0 Å². The number of fused-ring (bicyclic) bond motifs is 1. The summed E-state index contributed by atoms with van der Waals surface area (Å²) in [5, 5.41) is 4.26. The summed E-state index contributed by atoms with van der Waals surface area (Å²) < 4.78 is 36.3. The molecule has 7 heteroatoms. The fourth-order valence-corrected chi connectivity index (χ4v) is 2.81. The van der Waals surface area contributed by atoms with Gasteiger partial charge < -0.3 is 14.8 Å². The highest BCUT2D eigenvalue weighted by Crippen LogP contribution is 2.25. The molecule has 0 aliphatic heterocycles. The summed E-state index contributed by atoms with van der Waals surface area (Å²) in [4.78, 5) is 24.2. The van der Waals surface area contributed by atoms with E-state index in [0.717, 1.165) is 34.2 Å². The molecule has 1 N–H and O–H groups in total. The van der Waals surface area contributed by atoms with E-state index in [1.165, 1.54) is 6.07 Å². The summed E-state index contributed by atoms with van der Waals surface area (Å²) >= 11 is 0. The monoisotopic (exact) mass is 399 g/mol. The topological polar surface area (TPSA) is 64.6 Å². The quantitative estimate of drug-likeness (QED) is 0.624. The third-order valence-corrected chi connectivity index (χ3v) is 4.47. The van der Waals surface area contributed by atoms with Crippen molar-refractivity contribution >= 4 is 28.3 Å². The zero-order valence-electron chi connectivity index (χ0n) is 15.9. The van der Waals surface area contributed by atoms with Crippen LogP contribution in [0.4, 0.5) is 14.5 Å². The lowest BCUT2D eigenvalue weighted by Crippen LogP contribution is -2.23. The Morgan fingerprint density at radius 1 is 0.966 bits per heavy atom. The normalized spacial score (nSPS) is 11.7. The van der Waals surface area contributed by atoms with Crippen LogP contribution in [0, 0.1) is 11.6 Å². The molecule has 0 spiro atoms. The van der Waals surface area contributed by atoms with Crippen molar-refractivity contribution in [3.05, 3.63) is 71.8 Å². The average Bonchev–Trinajstić information content (AvgIpc) is 2.73.